The molecule has 0 bridgehead atoms. The molecule has 0 aromatic carbocycles. The number of H-pyrrole nitrogens is 1. The summed E-state index contributed by atoms with van der Waals surface area (Å²) >= 11 is 0. The van der Waals surface area contributed by atoms with Gasteiger partial charge in [0.15, 0.2) is 9.84 Å². The molecule has 1 saturated heterocycles. The number of carbonyl (C=O) groups excluding carboxylic acids is 1. The molecule has 0 unspecified atom stereocenters. The smallest absolute Gasteiger partial charge is 0.315 e. The van der Waals surface area contributed by atoms with E-state index in [1.807, 2.05) is 13.0 Å². The van der Waals surface area contributed by atoms with Crippen LogP contribution >= 0.6 is 0 Å². The Labute approximate surface area is 129 Å². The number of rotatable bonds is 4. The second-order valence-corrected chi connectivity index (χ2v) is 8.00. The lowest BCUT2D eigenvalue weighted by Crippen LogP contribution is -2.39. The van der Waals surface area contributed by atoms with Gasteiger partial charge in [0.1, 0.15) is 0 Å². The molecule has 1 aromatic rings. The van der Waals surface area contributed by atoms with Crippen molar-refractivity contribution in [2.24, 2.45) is 5.92 Å². The molecular formula is C14H21N3O4S. The molecule has 0 saturated carbocycles. The van der Waals surface area contributed by atoms with Crippen molar-refractivity contribution in [3.8, 4) is 0 Å². The Morgan fingerprint density at radius 1 is 1.36 bits per heavy atom. The summed E-state index contributed by atoms with van der Waals surface area (Å²) in [5, 5.41) is 5.28. The minimum Gasteiger partial charge on any atom is -0.338 e. The molecule has 0 aliphatic carbocycles. The lowest BCUT2D eigenvalue weighted by atomic mass is 10.1. The van der Waals surface area contributed by atoms with Crippen molar-refractivity contribution in [3.05, 3.63) is 33.2 Å². The second-order valence-electron chi connectivity index (χ2n) is 5.78. The van der Waals surface area contributed by atoms with E-state index < -0.39 is 15.9 Å². The van der Waals surface area contributed by atoms with E-state index >= 15 is 0 Å². The standard InChI is InChI=1S/C14H21N3O4S/c1-9-5-10(2)17-13(18)12(9)7-16-14(19)15-6-11-3-4-22(20,21)8-11/h5,11H,3-4,6-8H2,1-2H3,(H,17,18)(H2,15,16,19)/t11-/m0/s1. The Kier molecular flexibility index (Phi) is 4.90. The molecule has 8 heteroatoms. The number of sulfone groups is 1. The maximum Gasteiger partial charge on any atom is 0.315 e. The maximum absolute atomic E-state index is 11.8. The highest BCUT2D eigenvalue weighted by Crippen LogP contribution is 2.17. The number of hydrogen-bond donors (Lipinski definition) is 3. The molecule has 2 amide bonds. The van der Waals surface area contributed by atoms with Crippen LogP contribution in [0, 0.1) is 19.8 Å². The van der Waals surface area contributed by atoms with E-state index in [1.54, 1.807) is 6.92 Å². The molecule has 1 atom stereocenters. The maximum atomic E-state index is 11.8. The van der Waals surface area contributed by atoms with Crippen LogP contribution in [0.15, 0.2) is 10.9 Å². The van der Waals surface area contributed by atoms with Gasteiger partial charge in [0.05, 0.1) is 18.1 Å². The minimum absolute atomic E-state index is 0.0275. The van der Waals surface area contributed by atoms with E-state index in [0.717, 1.165) is 11.3 Å². The Hall–Kier alpha value is -1.83. The Balaban J connectivity index is 1.83. The highest BCUT2D eigenvalue weighted by molar-refractivity contribution is 7.91. The van der Waals surface area contributed by atoms with Crippen molar-refractivity contribution in [1.29, 1.82) is 0 Å². The van der Waals surface area contributed by atoms with Crippen LogP contribution in [0.5, 0.6) is 0 Å². The first-order chi connectivity index (χ1) is 10.3. The first-order valence-electron chi connectivity index (χ1n) is 7.18. The zero-order valence-electron chi connectivity index (χ0n) is 12.7. The van der Waals surface area contributed by atoms with Crippen molar-refractivity contribution in [2.75, 3.05) is 18.1 Å². The molecule has 22 heavy (non-hydrogen) atoms. The van der Waals surface area contributed by atoms with Crippen LogP contribution in [-0.4, -0.2) is 37.5 Å². The third kappa shape index (κ3) is 4.33. The number of amides is 2. The first-order valence-corrected chi connectivity index (χ1v) is 9.00. The summed E-state index contributed by atoms with van der Waals surface area (Å²) in [4.78, 5) is 26.3. The van der Waals surface area contributed by atoms with Gasteiger partial charge in [0, 0.05) is 17.8 Å². The zero-order chi connectivity index (χ0) is 16.3. The van der Waals surface area contributed by atoms with Crippen molar-refractivity contribution in [1.82, 2.24) is 15.6 Å². The van der Waals surface area contributed by atoms with Gasteiger partial charge in [-0.2, -0.15) is 0 Å². The molecular weight excluding hydrogens is 306 g/mol. The van der Waals surface area contributed by atoms with Crippen molar-refractivity contribution in [2.45, 2.75) is 26.8 Å². The number of carbonyl (C=O) groups is 1. The normalized spacial score (nSPS) is 19.8. The van der Waals surface area contributed by atoms with Gasteiger partial charge in [0.25, 0.3) is 5.56 Å². The lowest BCUT2D eigenvalue weighted by molar-refractivity contribution is 0.239. The Bertz CT molecular complexity index is 724. The number of hydrogen-bond acceptors (Lipinski definition) is 4. The van der Waals surface area contributed by atoms with Gasteiger partial charge in [-0.25, -0.2) is 13.2 Å². The first kappa shape index (κ1) is 16.5. The predicted molar refractivity (Wildman–Crippen MR) is 83.5 cm³/mol. The van der Waals surface area contributed by atoms with Crippen LogP contribution in [-0.2, 0) is 16.4 Å². The van der Waals surface area contributed by atoms with E-state index in [0.29, 0.717) is 18.5 Å². The molecule has 2 rings (SSSR count). The van der Waals surface area contributed by atoms with E-state index in [9.17, 15) is 18.0 Å². The van der Waals surface area contributed by atoms with Crippen LogP contribution in [0.3, 0.4) is 0 Å². The van der Waals surface area contributed by atoms with Gasteiger partial charge in [-0.1, -0.05) is 0 Å². The van der Waals surface area contributed by atoms with Gasteiger partial charge in [-0.05, 0) is 37.8 Å². The fourth-order valence-corrected chi connectivity index (χ4v) is 4.46. The zero-order valence-corrected chi connectivity index (χ0v) is 13.5. The van der Waals surface area contributed by atoms with Gasteiger partial charge in [0.2, 0.25) is 0 Å². The number of urea groups is 1. The van der Waals surface area contributed by atoms with Crippen molar-refractivity contribution >= 4 is 15.9 Å². The highest BCUT2D eigenvalue weighted by Gasteiger charge is 2.27. The van der Waals surface area contributed by atoms with Crippen molar-refractivity contribution < 1.29 is 13.2 Å². The third-order valence-electron chi connectivity index (χ3n) is 3.80. The SMILES string of the molecule is Cc1cc(C)c(CNC(=O)NC[C@@H]2CCS(=O)(=O)C2)c(=O)[nH]1. The summed E-state index contributed by atoms with van der Waals surface area (Å²) in [5.74, 6) is 0.295. The van der Waals surface area contributed by atoms with E-state index in [4.69, 9.17) is 0 Å². The monoisotopic (exact) mass is 327 g/mol. The summed E-state index contributed by atoms with van der Waals surface area (Å²) in [5.41, 5.74) is 1.91. The number of nitrogens with one attached hydrogen (secondary N) is 3. The molecule has 7 nitrogen and oxygen atoms in total. The van der Waals surface area contributed by atoms with E-state index in [1.165, 1.54) is 0 Å². The average molecular weight is 327 g/mol. The lowest BCUT2D eigenvalue weighted by Gasteiger charge is -2.11. The molecule has 1 fully saturated rings. The van der Waals surface area contributed by atoms with E-state index in [2.05, 4.69) is 15.6 Å². The highest BCUT2D eigenvalue weighted by atomic mass is 32.2. The quantitative estimate of drug-likeness (QED) is 0.735. The van der Waals surface area contributed by atoms with Crippen LogP contribution in [0.2, 0.25) is 0 Å². The fourth-order valence-electron chi connectivity index (χ4n) is 2.60. The molecule has 1 aliphatic heterocycles. The minimum atomic E-state index is -2.93. The van der Waals surface area contributed by atoms with Gasteiger partial charge >= 0.3 is 6.03 Å². The van der Waals surface area contributed by atoms with E-state index in [-0.39, 0.29) is 29.5 Å². The molecule has 2 heterocycles. The molecule has 122 valence electrons. The summed E-state index contributed by atoms with van der Waals surface area (Å²) in [6.07, 6.45) is 0.583. The fraction of sp³-hybridized carbons (Fsp3) is 0.571. The topological polar surface area (TPSA) is 108 Å². The molecule has 0 spiro atoms. The van der Waals surface area contributed by atoms with Gasteiger partial charge < -0.3 is 15.6 Å². The third-order valence-corrected chi connectivity index (χ3v) is 5.63. The van der Waals surface area contributed by atoms with Crippen LogP contribution in [0.1, 0.15) is 23.2 Å². The Morgan fingerprint density at radius 3 is 2.68 bits per heavy atom. The molecule has 3 N–H and O–H groups in total. The number of aromatic nitrogens is 1. The average Bonchev–Trinajstić information content (AvgIpc) is 2.74. The molecule has 0 radical (unpaired) electrons. The second kappa shape index (κ2) is 6.51. The van der Waals surface area contributed by atoms with Crippen LogP contribution in [0.4, 0.5) is 4.79 Å². The number of aromatic amines is 1. The summed E-state index contributed by atoms with van der Waals surface area (Å²) in [7, 11) is -2.93. The van der Waals surface area contributed by atoms with Crippen LogP contribution in [0.25, 0.3) is 0 Å². The Morgan fingerprint density at radius 2 is 2.09 bits per heavy atom. The summed E-state index contributed by atoms with van der Waals surface area (Å²) in [6.45, 7) is 4.08. The summed E-state index contributed by atoms with van der Waals surface area (Å²) in [6, 6.07) is 1.45. The largest absolute Gasteiger partial charge is 0.338 e. The molecule has 1 aromatic heterocycles. The van der Waals surface area contributed by atoms with Crippen molar-refractivity contribution in [3.63, 3.8) is 0 Å². The number of aryl methyl sites for hydroxylation is 2. The van der Waals surface area contributed by atoms with Gasteiger partial charge in [-0.3, -0.25) is 4.79 Å². The van der Waals surface area contributed by atoms with Crippen LogP contribution < -0.4 is 16.2 Å². The van der Waals surface area contributed by atoms with Gasteiger partial charge in [-0.15, -0.1) is 0 Å². The molecule has 1 aliphatic rings. The summed E-state index contributed by atoms with van der Waals surface area (Å²) < 4.78 is 22.7. The predicted octanol–water partition coefficient (Wildman–Crippen LogP) is 0.226. The number of pyridine rings is 1.